The first-order valence-electron chi connectivity index (χ1n) is 6.55. The number of rotatable bonds is 3. The number of benzene rings is 1. The van der Waals surface area contributed by atoms with Crippen molar-refractivity contribution in [2.75, 3.05) is 7.11 Å². The minimum atomic E-state index is -0.459. The second-order valence-corrected chi connectivity index (χ2v) is 5.05. The van der Waals surface area contributed by atoms with Crippen molar-refractivity contribution >= 4 is 0 Å². The van der Waals surface area contributed by atoms with Gasteiger partial charge in [-0.15, -0.1) is 0 Å². The molecule has 20 heavy (non-hydrogen) atoms. The zero-order chi connectivity index (χ0) is 14.3. The Morgan fingerprint density at radius 1 is 1.40 bits per heavy atom. The standard InChI is InChI=1S/C15H15FN2O2/c1-8-13(10-5-6-12(20-2)11(16)7-10)17-14(9-3-4-9)18-15(8)19/h5-7,9H,3-4H2,1-2H3,(H,17,18,19). The molecule has 0 aliphatic heterocycles. The number of methoxy groups -OCH3 is 1. The molecule has 1 aromatic carbocycles. The fourth-order valence-corrected chi connectivity index (χ4v) is 2.19. The normalized spacial score (nSPS) is 14.3. The van der Waals surface area contributed by atoms with Crippen LogP contribution in [0.2, 0.25) is 0 Å². The lowest BCUT2D eigenvalue weighted by Gasteiger charge is -2.09. The third-order valence-corrected chi connectivity index (χ3v) is 3.56. The summed E-state index contributed by atoms with van der Waals surface area (Å²) in [5.74, 6) is 0.759. The first kappa shape index (κ1) is 12.8. The van der Waals surface area contributed by atoms with E-state index in [4.69, 9.17) is 4.74 Å². The highest BCUT2D eigenvalue weighted by Gasteiger charge is 2.27. The van der Waals surface area contributed by atoms with Gasteiger partial charge in [-0.3, -0.25) is 4.79 Å². The van der Waals surface area contributed by atoms with Crippen LogP contribution in [0.4, 0.5) is 4.39 Å². The van der Waals surface area contributed by atoms with E-state index in [9.17, 15) is 9.18 Å². The molecule has 1 saturated carbocycles. The fraction of sp³-hybridized carbons (Fsp3) is 0.333. The molecule has 0 spiro atoms. The first-order chi connectivity index (χ1) is 9.60. The maximum Gasteiger partial charge on any atom is 0.254 e. The molecule has 0 amide bonds. The van der Waals surface area contributed by atoms with E-state index in [0.717, 1.165) is 12.8 Å². The molecule has 1 fully saturated rings. The number of aromatic amines is 1. The monoisotopic (exact) mass is 274 g/mol. The summed E-state index contributed by atoms with van der Waals surface area (Å²) in [7, 11) is 1.42. The van der Waals surface area contributed by atoms with Crippen LogP contribution in [0, 0.1) is 12.7 Å². The maximum atomic E-state index is 13.8. The van der Waals surface area contributed by atoms with Crippen molar-refractivity contribution in [3.63, 3.8) is 0 Å². The lowest BCUT2D eigenvalue weighted by Crippen LogP contribution is -2.15. The van der Waals surface area contributed by atoms with Gasteiger partial charge in [0, 0.05) is 17.0 Å². The Morgan fingerprint density at radius 3 is 2.75 bits per heavy atom. The van der Waals surface area contributed by atoms with E-state index < -0.39 is 5.82 Å². The summed E-state index contributed by atoms with van der Waals surface area (Å²) in [5, 5.41) is 0. The second-order valence-electron chi connectivity index (χ2n) is 5.05. The second kappa shape index (κ2) is 4.74. The van der Waals surface area contributed by atoms with Crippen molar-refractivity contribution in [2.45, 2.75) is 25.7 Å². The zero-order valence-electron chi connectivity index (χ0n) is 11.4. The van der Waals surface area contributed by atoms with Crippen molar-refractivity contribution in [1.82, 2.24) is 9.97 Å². The van der Waals surface area contributed by atoms with Gasteiger partial charge in [-0.25, -0.2) is 9.37 Å². The van der Waals surface area contributed by atoms with Gasteiger partial charge in [0.2, 0.25) is 0 Å². The van der Waals surface area contributed by atoms with Crippen molar-refractivity contribution < 1.29 is 9.13 Å². The molecule has 1 aromatic heterocycles. The molecule has 104 valence electrons. The van der Waals surface area contributed by atoms with Crippen molar-refractivity contribution in [3.05, 3.63) is 45.8 Å². The fourth-order valence-electron chi connectivity index (χ4n) is 2.19. The number of nitrogens with one attached hydrogen (secondary N) is 1. The quantitative estimate of drug-likeness (QED) is 0.936. The lowest BCUT2D eigenvalue weighted by molar-refractivity contribution is 0.386. The third kappa shape index (κ3) is 2.19. The summed E-state index contributed by atoms with van der Waals surface area (Å²) >= 11 is 0. The van der Waals surface area contributed by atoms with Crippen LogP contribution in [-0.2, 0) is 0 Å². The average molecular weight is 274 g/mol. The summed E-state index contributed by atoms with van der Waals surface area (Å²) in [6, 6.07) is 4.61. The molecule has 1 heterocycles. The number of aromatic nitrogens is 2. The predicted molar refractivity (Wildman–Crippen MR) is 73.5 cm³/mol. The molecule has 0 radical (unpaired) electrons. The molecule has 3 rings (SSSR count). The highest BCUT2D eigenvalue weighted by atomic mass is 19.1. The Balaban J connectivity index is 2.13. The van der Waals surface area contributed by atoms with Crippen LogP contribution in [0.3, 0.4) is 0 Å². The van der Waals surface area contributed by atoms with Crippen LogP contribution in [0.5, 0.6) is 5.75 Å². The van der Waals surface area contributed by atoms with E-state index in [2.05, 4.69) is 9.97 Å². The van der Waals surface area contributed by atoms with E-state index in [1.165, 1.54) is 13.2 Å². The van der Waals surface area contributed by atoms with Gasteiger partial charge in [0.05, 0.1) is 12.8 Å². The SMILES string of the molecule is COc1ccc(-c2nc(C3CC3)[nH]c(=O)c2C)cc1F. The van der Waals surface area contributed by atoms with Gasteiger partial charge >= 0.3 is 0 Å². The molecular formula is C15H15FN2O2. The van der Waals surface area contributed by atoms with E-state index >= 15 is 0 Å². The molecule has 1 N–H and O–H groups in total. The molecule has 1 aliphatic rings. The van der Waals surface area contributed by atoms with Gasteiger partial charge < -0.3 is 9.72 Å². The Bertz CT molecular complexity index is 720. The van der Waals surface area contributed by atoms with Gasteiger partial charge in [0.15, 0.2) is 11.6 Å². The minimum Gasteiger partial charge on any atom is -0.494 e. The van der Waals surface area contributed by atoms with E-state index in [0.29, 0.717) is 28.6 Å². The smallest absolute Gasteiger partial charge is 0.254 e. The molecule has 0 saturated heterocycles. The summed E-state index contributed by atoms with van der Waals surface area (Å²) < 4.78 is 18.7. The number of hydrogen-bond donors (Lipinski definition) is 1. The Morgan fingerprint density at radius 2 is 2.15 bits per heavy atom. The third-order valence-electron chi connectivity index (χ3n) is 3.56. The van der Waals surface area contributed by atoms with Crippen molar-refractivity contribution in [3.8, 4) is 17.0 Å². The number of halogens is 1. The maximum absolute atomic E-state index is 13.8. The average Bonchev–Trinajstić information content (AvgIpc) is 3.26. The lowest BCUT2D eigenvalue weighted by atomic mass is 10.1. The van der Waals surface area contributed by atoms with Gasteiger partial charge in [0.1, 0.15) is 5.82 Å². The van der Waals surface area contributed by atoms with E-state index in [-0.39, 0.29) is 11.3 Å². The summed E-state index contributed by atoms with van der Waals surface area (Å²) in [5.41, 5.74) is 1.47. The molecule has 0 atom stereocenters. The van der Waals surface area contributed by atoms with Crippen LogP contribution in [0.1, 0.15) is 30.1 Å². The Hall–Kier alpha value is -2.17. The van der Waals surface area contributed by atoms with Crippen LogP contribution >= 0.6 is 0 Å². The summed E-state index contributed by atoms with van der Waals surface area (Å²) in [6.45, 7) is 1.69. The minimum absolute atomic E-state index is 0.159. The van der Waals surface area contributed by atoms with Crippen LogP contribution < -0.4 is 10.3 Å². The van der Waals surface area contributed by atoms with Crippen molar-refractivity contribution in [1.29, 1.82) is 0 Å². The highest BCUT2D eigenvalue weighted by Crippen LogP contribution is 2.38. The summed E-state index contributed by atoms with van der Waals surface area (Å²) in [6.07, 6.45) is 2.09. The number of hydrogen-bond acceptors (Lipinski definition) is 3. The van der Waals surface area contributed by atoms with Gasteiger partial charge in [-0.2, -0.15) is 0 Å². The zero-order valence-corrected chi connectivity index (χ0v) is 11.4. The Kier molecular flexibility index (Phi) is 3.04. The van der Waals surface area contributed by atoms with E-state index in [1.807, 2.05) is 0 Å². The van der Waals surface area contributed by atoms with E-state index in [1.54, 1.807) is 19.1 Å². The molecule has 4 nitrogen and oxygen atoms in total. The molecule has 5 heteroatoms. The number of ether oxygens (including phenoxy) is 1. The van der Waals surface area contributed by atoms with Crippen LogP contribution in [0.25, 0.3) is 11.3 Å². The first-order valence-corrected chi connectivity index (χ1v) is 6.55. The molecule has 0 unspecified atom stereocenters. The Labute approximate surface area is 115 Å². The molecule has 1 aliphatic carbocycles. The topological polar surface area (TPSA) is 55.0 Å². The molecule has 2 aromatic rings. The summed E-state index contributed by atoms with van der Waals surface area (Å²) in [4.78, 5) is 19.3. The number of H-pyrrole nitrogens is 1. The van der Waals surface area contributed by atoms with Crippen molar-refractivity contribution in [2.24, 2.45) is 0 Å². The van der Waals surface area contributed by atoms with Gasteiger partial charge in [0.25, 0.3) is 5.56 Å². The van der Waals surface area contributed by atoms with Crippen LogP contribution in [-0.4, -0.2) is 17.1 Å². The van der Waals surface area contributed by atoms with Gasteiger partial charge in [-0.05, 0) is 38.0 Å². The molecule has 0 bridgehead atoms. The molecular weight excluding hydrogens is 259 g/mol. The largest absolute Gasteiger partial charge is 0.494 e. The van der Waals surface area contributed by atoms with Crippen LogP contribution in [0.15, 0.2) is 23.0 Å². The number of nitrogens with zero attached hydrogens (tertiary/aromatic N) is 1. The highest BCUT2D eigenvalue weighted by molar-refractivity contribution is 5.63. The van der Waals surface area contributed by atoms with Gasteiger partial charge in [-0.1, -0.05) is 0 Å². The predicted octanol–water partition coefficient (Wildman–Crippen LogP) is 2.77.